The van der Waals surface area contributed by atoms with E-state index in [1.807, 2.05) is 41.5 Å². The number of carbonyl (C=O) groups excluding carboxylic acids is 4. The van der Waals surface area contributed by atoms with Gasteiger partial charge in [0, 0.05) is 6.42 Å². The largest absolute Gasteiger partial charge is 0.295 e. The van der Waals surface area contributed by atoms with Crippen LogP contribution >= 0.6 is 0 Å². The monoisotopic (exact) mass is 350 g/mol. The van der Waals surface area contributed by atoms with Gasteiger partial charge in [0.2, 0.25) is 11.8 Å². The average Bonchev–Trinajstić information content (AvgIpc) is 2.90. The quantitative estimate of drug-likeness (QED) is 0.793. The van der Waals surface area contributed by atoms with Crippen LogP contribution in [0.25, 0.3) is 0 Å². The third kappa shape index (κ3) is 5.52. The molecule has 0 bridgehead atoms. The Morgan fingerprint density at radius 1 is 0.880 bits per heavy atom. The molecular formula is C19H30N2O4. The fourth-order valence-electron chi connectivity index (χ4n) is 2.19. The van der Waals surface area contributed by atoms with Gasteiger partial charge in [0.05, 0.1) is 11.1 Å². The lowest BCUT2D eigenvalue weighted by Gasteiger charge is -2.28. The minimum Gasteiger partial charge on any atom is -0.295 e. The van der Waals surface area contributed by atoms with Crippen LogP contribution in [0.2, 0.25) is 0 Å². The molecule has 25 heavy (non-hydrogen) atoms. The van der Waals surface area contributed by atoms with E-state index in [0.29, 0.717) is 0 Å². The van der Waals surface area contributed by atoms with Gasteiger partial charge in [0.15, 0.2) is 0 Å². The molecule has 2 rings (SSSR count). The summed E-state index contributed by atoms with van der Waals surface area (Å²) in [6.07, 6.45) is 2.77. The smallest absolute Gasteiger partial charge is 0.262 e. The van der Waals surface area contributed by atoms with Crippen LogP contribution in [-0.2, 0) is 19.2 Å². The topological polar surface area (TPSA) is 83.6 Å². The summed E-state index contributed by atoms with van der Waals surface area (Å²) in [4.78, 5) is 47.9. The summed E-state index contributed by atoms with van der Waals surface area (Å²) < 4.78 is 0. The van der Waals surface area contributed by atoms with Gasteiger partial charge in [-0.1, -0.05) is 66.9 Å². The molecule has 140 valence electrons. The number of hydrogen-bond acceptors (Lipinski definition) is 4. The first-order valence-electron chi connectivity index (χ1n) is 8.72. The van der Waals surface area contributed by atoms with Crippen molar-refractivity contribution >= 4 is 23.6 Å². The van der Waals surface area contributed by atoms with Crippen LogP contribution in [0.4, 0.5) is 0 Å². The zero-order valence-electron chi connectivity index (χ0n) is 16.1. The van der Waals surface area contributed by atoms with Crippen molar-refractivity contribution in [1.29, 1.82) is 0 Å². The van der Waals surface area contributed by atoms with E-state index in [1.165, 1.54) is 12.2 Å². The van der Waals surface area contributed by atoms with E-state index >= 15 is 0 Å². The van der Waals surface area contributed by atoms with Crippen molar-refractivity contribution in [2.75, 3.05) is 0 Å². The molecule has 2 heterocycles. The van der Waals surface area contributed by atoms with Crippen molar-refractivity contribution in [3.63, 3.8) is 0 Å². The number of imide groups is 2. The van der Waals surface area contributed by atoms with Crippen LogP contribution < -0.4 is 5.32 Å². The fourth-order valence-corrected chi connectivity index (χ4v) is 2.19. The second-order valence-corrected chi connectivity index (χ2v) is 4.18. The molecule has 1 atom stereocenters. The molecule has 2 aliphatic rings. The Hall–Kier alpha value is -2.50. The van der Waals surface area contributed by atoms with E-state index in [2.05, 4.69) is 18.5 Å². The second-order valence-electron chi connectivity index (χ2n) is 4.18. The number of rotatable bonds is 3. The number of hydrogen-bond donors (Lipinski definition) is 1. The van der Waals surface area contributed by atoms with E-state index < -0.39 is 29.7 Å². The number of nitrogens with one attached hydrogen (secondary N) is 1. The molecular weight excluding hydrogens is 320 g/mol. The molecule has 0 saturated carbocycles. The first-order chi connectivity index (χ1) is 12.0. The first kappa shape index (κ1) is 24.7. The Balaban J connectivity index is 0. The van der Waals surface area contributed by atoms with E-state index in [4.69, 9.17) is 0 Å². The van der Waals surface area contributed by atoms with Crippen molar-refractivity contribution in [1.82, 2.24) is 10.2 Å². The Bertz CT molecular complexity index is 532. The van der Waals surface area contributed by atoms with Gasteiger partial charge < -0.3 is 0 Å². The molecule has 6 heteroatoms. The molecule has 4 amide bonds. The number of piperidine rings is 1. The minimum absolute atomic E-state index is 0.0975. The zero-order chi connectivity index (χ0) is 20.2. The number of amides is 4. The normalized spacial score (nSPS) is 18.8. The predicted molar refractivity (Wildman–Crippen MR) is 99.5 cm³/mol. The Kier molecular flexibility index (Phi) is 12.7. The van der Waals surface area contributed by atoms with Gasteiger partial charge in [-0.2, -0.15) is 0 Å². The Labute approximate surface area is 150 Å². The van der Waals surface area contributed by atoms with Crippen molar-refractivity contribution in [2.24, 2.45) is 0 Å². The fraction of sp³-hybridized carbons (Fsp3) is 0.474. The Morgan fingerprint density at radius 3 is 1.60 bits per heavy atom. The van der Waals surface area contributed by atoms with Crippen LogP contribution in [0.3, 0.4) is 0 Å². The molecule has 0 aromatic carbocycles. The highest BCUT2D eigenvalue weighted by molar-refractivity contribution is 6.23. The van der Waals surface area contributed by atoms with Gasteiger partial charge in [-0.3, -0.25) is 29.4 Å². The lowest BCUT2D eigenvalue weighted by Crippen LogP contribution is -2.54. The van der Waals surface area contributed by atoms with Gasteiger partial charge in [0.1, 0.15) is 6.04 Å². The van der Waals surface area contributed by atoms with Crippen LogP contribution in [0, 0.1) is 0 Å². The van der Waals surface area contributed by atoms with E-state index in [9.17, 15) is 19.2 Å². The lowest BCUT2D eigenvalue weighted by atomic mass is 10.0. The highest BCUT2D eigenvalue weighted by atomic mass is 16.2. The molecule has 1 saturated heterocycles. The summed E-state index contributed by atoms with van der Waals surface area (Å²) in [5, 5.41) is 2.12. The lowest BCUT2D eigenvalue weighted by molar-refractivity contribution is -0.149. The van der Waals surface area contributed by atoms with E-state index in [-0.39, 0.29) is 24.0 Å². The van der Waals surface area contributed by atoms with Gasteiger partial charge >= 0.3 is 0 Å². The Morgan fingerprint density at radius 2 is 1.28 bits per heavy atom. The van der Waals surface area contributed by atoms with Gasteiger partial charge in [-0.15, -0.1) is 0 Å². The second kappa shape index (κ2) is 12.9. The van der Waals surface area contributed by atoms with Crippen molar-refractivity contribution in [3.05, 3.63) is 36.5 Å². The summed E-state index contributed by atoms with van der Waals surface area (Å²) in [7, 11) is 0. The van der Waals surface area contributed by atoms with E-state index in [1.54, 1.807) is 0 Å². The van der Waals surface area contributed by atoms with Gasteiger partial charge in [-0.25, -0.2) is 0 Å². The van der Waals surface area contributed by atoms with Crippen molar-refractivity contribution in [3.8, 4) is 0 Å². The SMILES string of the molecule is C=CC1=C(C=C)C(=O)N(C2CCC(=O)NC2=O)C1=O.CC.CC.CC. The maximum Gasteiger partial charge on any atom is 0.262 e. The molecule has 1 N–H and O–H groups in total. The third-order valence-electron chi connectivity index (χ3n) is 3.12. The zero-order valence-corrected chi connectivity index (χ0v) is 16.1. The van der Waals surface area contributed by atoms with Crippen molar-refractivity contribution < 1.29 is 19.2 Å². The highest BCUT2D eigenvalue weighted by Crippen LogP contribution is 2.27. The maximum atomic E-state index is 12.1. The average molecular weight is 350 g/mol. The van der Waals surface area contributed by atoms with Gasteiger partial charge in [-0.05, 0) is 6.42 Å². The summed E-state index contributed by atoms with van der Waals surface area (Å²) in [6.45, 7) is 19.0. The van der Waals surface area contributed by atoms with Crippen LogP contribution in [-0.4, -0.2) is 34.6 Å². The molecule has 0 aromatic rings. The predicted octanol–water partition coefficient (Wildman–Crippen LogP) is 2.91. The van der Waals surface area contributed by atoms with Crippen LogP contribution in [0.1, 0.15) is 54.4 Å². The first-order valence-corrected chi connectivity index (χ1v) is 8.72. The van der Waals surface area contributed by atoms with Gasteiger partial charge in [0.25, 0.3) is 11.8 Å². The minimum atomic E-state index is -0.954. The summed E-state index contributed by atoms with van der Waals surface area (Å²) in [6, 6.07) is -0.954. The molecule has 6 nitrogen and oxygen atoms in total. The standard InChI is InChI=1S/C13H12N2O4.3C2H6/c1-3-7-8(4-2)13(19)15(12(7)18)9-5-6-10(16)14-11(9)17;3*1-2/h3-4,9H,1-2,5-6H2,(H,14,16,17);3*1-2H3. The molecule has 2 aliphatic heterocycles. The third-order valence-corrected chi connectivity index (χ3v) is 3.12. The molecule has 1 unspecified atom stereocenters. The summed E-state index contributed by atoms with van der Waals surface area (Å²) in [5.74, 6) is -2.19. The highest BCUT2D eigenvalue weighted by Gasteiger charge is 2.44. The van der Waals surface area contributed by atoms with Crippen LogP contribution in [0.5, 0.6) is 0 Å². The number of carbonyl (C=O) groups is 4. The summed E-state index contributed by atoms with van der Waals surface area (Å²) >= 11 is 0. The molecule has 1 fully saturated rings. The molecule has 0 spiro atoms. The molecule has 0 aromatic heterocycles. The van der Waals surface area contributed by atoms with E-state index in [0.717, 1.165) is 4.90 Å². The number of nitrogens with zero attached hydrogens (tertiary/aromatic N) is 1. The maximum absolute atomic E-state index is 12.1. The molecule has 0 radical (unpaired) electrons. The summed E-state index contributed by atoms with van der Waals surface area (Å²) in [5.41, 5.74) is 0.259. The van der Waals surface area contributed by atoms with Crippen LogP contribution in [0.15, 0.2) is 36.5 Å². The molecule has 0 aliphatic carbocycles. The van der Waals surface area contributed by atoms with Crippen molar-refractivity contribution in [2.45, 2.75) is 60.4 Å².